The number of hydrogen-bond donors (Lipinski definition) is 0. The quantitative estimate of drug-likeness (QED) is 0.253. The van der Waals surface area contributed by atoms with Crippen LogP contribution in [0.4, 0.5) is 0 Å². The molecule has 0 unspecified atom stereocenters. The van der Waals surface area contributed by atoms with Crippen LogP contribution in [0.3, 0.4) is 0 Å². The van der Waals surface area contributed by atoms with Gasteiger partial charge in [-0.25, -0.2) is 0 Å². The number of unbranched alkanes of at least 4 members (excludes halogenated alkanes) is 1. The Kier molecular flexibility index (Phi) is 10.2. The van der Waals surface area contributed by atoms with Crippen LogP contribution in [0.15, 0.2) is 0 Å². The van der Waals surface area contributed by atoms with Crippen molar-refractivity contribution in [3.8, 4) is 0 Å². The van der Waals surface area contributed by atoms with Crippen molar-refractivity contribution in [2.75, 3.05) is 34.4 Å². The van der Waals surface area contributed by atoms with Crippen molar-refractivity contribution in [1.29, 1.82) is 0 Å². The molecule has 156 valence electrons. The van der Waals surface area contributed by atoms with E-state index in [9.17, 15) is 0 Å². The summed E-state index contributed by atoms with van der Waals surface area (Å²) in [6.07, 6.45) is 2.56. The lowest BCUT2D eigenvalue weighted by atomic mass is 10.0. The van der Waals surface area contributed by atoms with Crippen LogP contribution < -0.4 is 0 Å². The third-order valence-corrected chi connectivity index (χ3v) is 9.75. The van der Waals surface area contributed by atoms with Gasteiger partial charge in [0.1, 0.15) is 31.9 Å². The largest absolute Gasteiger partial charge is 0.408 e. The van der Waals surface area contributed by atoms with Crippen LogP contribution >= 0.6 is 0 Å². The van der Waals surface area contributed by atoms with E-state index in [1.165, 1.54) is 0 Å². The smallest absolute Gasteiger partial charge is 0.192 e. The molecule has 0 bridgehead atoms. The Morgan fingerprint density at radius 2 is 1.65 bits per heavy atom. The van der Waals surface area contributed by atoms with Gasteiger partial charge >= 0.3 is 0 Å². The molecule has 0 aromatic rings. The lowest BCUT2D eigenvalue weighted by Crippen LogP contribution is -2.53. The Hall–Kier alpha value is -0.0231. The predicted molar refractivity (Wildman–Crippen MR) is 105 cm³/mol. The van der Waals surface area contributed by atoms with Gasteiger partial charge in [-0.3, -0.25) is 0 Å². The molecule has 7 heteroatoms. The highest BCUT2D eigenvalue weighted by Gasteiger charge is 2.49. The molecule has 1 heterocycles. The second-order valence-electron chi connectivity index (χ2n) is 8.51. The minimum Gasteiger partial charge on any atom is -0.408 e. The standard InChI is InChI=1S/C19H40O6Si/c1-9-10-11-15(23-13-20-5)17(24-14-21-6)18(16-12-22-16)25-26(7,8)19(2,3)4/h15-18H,9-14H2,1-8H3/t15-,16+,17+,18+/m0/s1. The van der Waals surface area contributed by atoms with E-state index in [-0.39, 0.29) is 43.0 Å². The van der Waals surface area contributed by atoms with Crippen molar-refractivity contribution >= 4 is 8.32 Å². The van der Waals surface area contributed by atoms with Crippen molar-refractivity contribution in [2.24, 2.45) is 0 Å². The number of ether oxygens (including phenoxy) is 5. The molecular weight excluding hydrogens is 352 g/mol. The molecule has 6 nitrogen and oxygen atoms in total. The van der Waals surface area contributed by atoms with Gasteiger partial charge in [-0.2, -0.15) is 0 Å². The monoisotopic (exact) mass is 392 g/mol. The normalized spacial score (nSPS) is 21.5. The minimum absolute atomic E-state index is 0.0567. The first-order valence-electron chi connectivity index (χ1n) is 9.68. The fourth-order valence-corrected chi connectivity index (χ4v) is 3.90. The van der Waals surface area contributed by atoms with E-state index in [1.54, 1.807) is 14.2 Å². The van der Waals surface area contributed by atoms with Gasteiger partial charge in [-0.05, 0) is 24.6 Å². The number of hydrogen-bond acceptors (Lipinski definition) is 6. The lowest BCUT2D eigenvalue weighted by molar-refractivity contribution is -0.186. The second-order valence-corrected chi connectivity index (χ2v) is 13.3. The Morgan fingerprint density at radius 3 is 2.12 bits per heavy atom. The molecule has 0 radical (unpaired) electrons. The van der Waals surface area contributed by atoms with Crippen LogP contribution in [0.1, 0.15) is 47.0 Å². The molecule has 1 aliphatic rings. The Morgan fingerprint density at radius 1 is 1.08 bits per heavy atom. The van der Waals surface area contributed by atoms with Gasteiger partial charge in [0.2, 0.25) is 0 Å². The minimum atomic E-state index is -1.99. The summed E-state index contributed by atoms with van der Waals surface area (Å²) in [5, 5.41) is 0.109. The van der Waals surface area contributed by atoms with E-state index < -0.39 is 8.32 Å². The highest BCUT2D eigenvalue weighted by molar-refractivity contribution is 6.74. The van der Waals surface area contributed by atoms with Gasteiger partial charge in [-0.1, -0.05) is 40.5 Å². The van der Waals surface area contributed by atoms with Crippen molar-refractivity contribution in [2.45, 2.75) is 89.5 Å². The van der Waals surface area contributed by atoms with Gasteiger partial charge in [0, 0.05) is 14.2 Å². The maximum atomic E-state index is 6.74. The van der Waals surface area contributed by atoms with E-state index >= 15 is 0 Å². The first-order chi connectivity index (χ1) is 12.2. The molecular formula is C19H40O6Si. The Balaban J connectivity index is 3.01. The van der Waals surface area contributed by atoms with Gasteiger partial charge < -0.3 is 28.1 Å². The van der Waals surface area contributed by atoms with Crippen molar-refractivity contribution in [3.05, 3.63) is 0 Å². The van der Waals surface area contributed by atoms with Crippen LogP contribution in [0.25, 0.3) is 0 Å². The lowest BCUT2D eigenvalue weighted by Gasteiger charge is -2.42. The molecule has 0 aromatic carbocycles. The van der Waals surface area contributed by atoms with Crippen LogP contribution in [0.2, 0.25) is 18.1 Å². The summed E-state index contributed by atoms with van der Waals surface area (Å²) in [5.41, 5.74) is 0. The first-order valence-corrected chi connectivity index (χ1v) is 12.6. The zero-order valence-electron chi connectivity index (χ0n) is 18.0. The molecule has 0 spiro atoms. The molecule has 1 rings (SSSR count). The third kappa shape index (κ3) is 7.54. The highest BCUT2D eigenvalue weighted by Crippen LogP contribution is 2.40. The molecule has 1 fully saturated rings. The Labute approximate surface area is 160 Å². The van der Waals surface area contributed by atoms with Crippen LogP contribution in [0.5, 0.6) is 0 Å². The van der Waals surface area contributed by atoms with Gasteiger partial charge in [0.15, 0.2) is 8.32 Å². The molecule has 26 heavy (non-hydrogen) atoms. The van der Waals surface area contributed by atoms with Crippen LogP contribution in [-0.2, 0) is 28.1 Å². The molecule has 0 aliphatic carbocycles. The maximum Gasteiger partial charge on any atom is 0.192 e. The fraction of sp³-hybridized carbons (Fsp3) is 1.00. The van der Waals surface area contributed by atoms with Gasteiger partial charge in [0.25, 0.3) is 0 Å². The molecule has 0 amide bonds. The summed E-state index contributed by atoms with van der Waals surface area (Å²) in [6, 6.07) is 0. The summed E-state index contributed by atoms with van der Waals surface area (Å²) in [5.74, 6) is 0. The first kappa shape index (κ1) is 24.0. The molecule has 1 aliphatic heterocycles. The van der Waals surface area contributed by atoms with E-state index in [1.807, 2.05) is 0 Å². The molecule has 1 saturated heterocycles. The summed E-state index contributed by atoms with van der Waals surface area (Å²) in [6.45, 7) is 14.6. The topological polar surface area (TPSA) is 58.7 Å². The highest BCUT2D eigenvalue weighted by atomic mass is 28.4. The van der Waals surface area contributed by atoms with E-state index in [0.29, 0.717) is 6.61 Å². The third-order valence-electron chi connectivity index (χ3n) is 5.27. The molecule has 0 N–H and O–H groups in total. The number of rotatable bonds is 14. The number of epoxide rings is 1. The summed E-state index contributed by atoms with van der Waals surface area (Å²) in [7, 11) is 1.28. The maximum absolute atomic E-state index is 6.74. The summed E-state index contributed by atoms with van der Waals surface area (Å²) < 4.78 is 34.8. The predicted octanol–water partition coefficient (Wildman–Crippen LogP) is 3.94. The van der Waals surface area contributed by atoms with Crippen LogP contribution in [0, 0.1) is 0 Å². The van der Waals surface area contributed by atoms with Crippen molar-refractivity contribution < 1.29 is 28.1 Å². The molecule has 4 atom stereocenters. The average molecular weight is 393 g/mol. The average Bonchev–Trinajstić information content (AvgIpc) is 3.39. The Bertz CT molecular complexity index is 373. The van der Waals surface area contributed by atoms with Crippen LogP contribution in [-0.4, -0.2) is 67.1 Å². The summed E-state index contributed by atoms with van der Waals surface area (Å²) >= 11 is 0. The van der Waals surface area contributed by atoms with Gasteiger partial charge in [-0.15, -0.1) is 0 Å². The zero-order chi connectivity index (χ0) is 19.8. The summed E-state index contributed by atoms with van der Waals surface area (Å²) in [4.78, 5) is 0. The zero-order valence-corrected chi connectivity index (χ0v) is 19.0. The molecule has 0 saturated carbocycles. The van der Waals surface area contributed by atoms with Crippen molar-refractivity contribution in [1.82, 2.24) is 0 Å². The van der Waals surface area contributed by atoms with Crippen molar-refractivity contribution in [3.63, 3.8) is 0 Å². The SMILES string of the molecule is CCCC[C@H](OCOC)[C@@H](OCOC)[C@H](O[Si](C)(C)C(C)(C)C)[C@H]1CO1. The van der Waals surface area contributed by atoms with Gasteiger partial charge in [0.05, 0.1) is 12.7 Å². The number of methoxy groups -OCH3 is 2. The van der Waals surface area contributed by atoms with E-state index in [2.05, 4.69) is 40.8 Å². The second kappa shape index (κ2) is 11.1. The molecule has 0 aromatic heterocycles. The van der Waals surface area contributed by atoms with E-state index in [0.717, 1.165) is 19.3 Å². The van der Waals surface area contributed by atoms with E-state index in [4.69, 9.17) is 28.1 Å². The fourth-order valence-electron chi connectivity index (χ4n) is 2.58.